The molecule has 1 aromatic carbocycles. The standard InChI is InChI=1S/C14H6F2N2O4S2/c15-11-9(7-3-1-5-23-7)13(17(19)20)14(18(21)22)10(12(11)16)8-4-2-6-24-8/h1-6H. The number of nitro groups is 2. The highest BCUT2D eigenvalue weighted by Crippen LogP contribution is 2.49. The SMILES string of the molecule is O=[N+]([O-])c1c(-c2cccs2)c(F)c(F)c(-c2cccs2)c1[N+](=O)[O-]. The lowest BCUT2D eigenvalue weighted by Crippen LogP contribution is -2.06. The third-order valence-electron chi connectivity index (χ3n) is 3.23. The van der Waals surface area contributed by atoms with Crippen LogP contribution in [0.1, 0.15) is 0 Å². The summed E-state index contributed by atoms with van der Waals surface area (Å²) in [5.74, 6) is -2.95. The molecular weight excluding hydrogens is 362 g/mol. The molecule has 0 fully saturated rings. The van der Waals surface area contributed by atoms with E-state index in [1.165, 1.54) is 35.0 Å². The molecule has 0 unspecified atom stereocenters. The van der Waals surface area contributed by atoms with Gasteiger partial charge in [0.2, 0.25) is 0 Å². The average molecular weight is 368 g/mol. The van der Waals surface area contributed by atoms with Gasteiger partial charge in [0, 0.05) is 9.75 Å². The van der Waals surface area contributed by atoms with E-state index in [4.69, 9.17) is 0 Å². The molecule has 0 aliphatic heterocycles. The fourth-order valence-electron chi connectivity index (χ4n) is 2.31. The Labute approximate surface area is 140 Å². The van der Waals surface area contributed by atoms with Crippen LogP contribution in [0.3, 0.4) is 0 Å². The van der Waals surface area contributed by atoms with Crippen molar-refractivity contribution in [1.29, 1.82) is 0 Å². The molecule has 122 valence electrons. The molecule has 0 N–H and O–H groups in total. The van der Waals surface area contributed by atoms with E-state index in [0.717, 1.165) is 22.7 Å². The first-order chi connectivity index (χ1) is 11.4. The Balaban J connectivity index is 2.52. The van der Waals surface area contributed by atoms with E-state index in [-0.39, 0.29) is 9.75 Å². The number of hydrogen-bond acceptors (Lipinski definition) is 6. The van der Waals surface area contributed by atoms with Crippen molar-refractivity contribution in [2.75, 3.05) is 0 Å². The second-order valence-corrected chi connectivity index (χ2v) is 6.44. The molecule has 0 aliphatic carbocycles. The smallest absolute Gasteiger partial charge is 0.258 e. The van der Waals surface area contributed by atoms with Gasteiger partial charge < -0.3 is 0 Å². The van der Waals surface area contributed by atoms with Crippen LogP contribution >= 0.6 is 22.7 Å². The molecule has 0 aliphatic rings. The van der Waals surface area contributed by atoms with Crippen molar-refractivity contribution >= 4 is 34.0 Å². The van der Waals surface area contributed by atoms with E-state index >= 15 is 0 Å². The summed E-state index contributed by atoms with van der Waals surface area (Å²) >= 11 is 1.85. The van der Waals surface area contributed by atoms with E-state index < -0.39 is 44.0 Å². The molecule has 6 nitrogen and oxygen atoms in total. The molecule has 0 radical (unpaired) electrons. The fraction of sp³-hybridized carbons (Fsp3) is 0. The van der Waals surface area contributed by atoms with E-state index in [2.05, 4.69) is 0 Å². The molecule has 0 saturated heterocycles. The second-order valence-electron chi connectivity index (χ2n) is 4.54. The van der Waals surface area contributed by atoms with Crippen molar-refractivity contribution in [2.45, 2.75) is 0 Å². The number of rotatable bonds is 4. The topological polar surface area (TPSA) is 86.3 Å². The molecule has 0 spiro atoms. The van der Waals surface area contributed by atoms with Crippen LogP contribution in [0.4, 0.5) is 20.2 Å². The van der Waals surface area contributed by atoms with Gasteiger partial charge in [0.15, 0.2) is 11.6 Å². The van der Waals surface area contributed by atoms with Crippen LogP contribution < -0.4 is 0 Å². The number of nitrogens with zero attached hydrogens (tertiary/aromatic N) is 2. The van der Waals surface area contributed by atoms with Gasteiger partial charge in [-0.25, -0.2) is 8.78 Å². The largest absolute Gasteiger partial charge is 0.358 e. The lowest BCUT2D eigenvalue weighted by atomic mass is 10.0. The summed E-state index contributed by atoms with van der Waals surface area (Å²) in [4.78, 5) is 20.9. The Bertz CT molecular complexity index is 863. The maximum absolute atomic E-state index is 14.6. The van der Waals surface area contributed by atoms with Gasteiger partial charge in [-0.2, -0.15) is 0 Å². The van der Waals surface area contributed by atoms with Crippen molar-refractivity contribution in [3.8, 4) is 20.9 Å². The number of thiophene rings is 2. The Morgan fingerprint density at radius 3 is 1.42 bits per heavy atom. The summed E-state index contributed by atoms with van der Waals surface area (Å²) in [6.07, 6.45) is 0. The molecule has 0 saturated carbocycles. The Kier molecular flexibility index (Phi) is 4.08. The Hall–Kier alpha value is -2.72. The van der Waals surface area contributed by atoms with Crippen LogP contribution in [-0.2, 0) is 0 Å². The lowest BCUT2D eigenvalue weighted by Gasteiger charge is -2.09. The van der Waals surface area contributed by atoms with Crippen molar-refractivity contribution < 1.29 is 18.6 Å². The van der Waals surface area contributed by atoms with Gasteiger partial charge in [0.1, 0.15) is 11.1 Å². The monoisotopic (exact) mass is 368 g/mol. The average Bonchev–Trinajstić information content (AvgIpc) is 3.21. The molecule has 3 aromatic rings. The van der Waals surface area contributed by atoms with Crippen LogP contribution in [-0.4, -0.2) is 9.85 Å². The summed E-state index contributed by atoms with van der Waals surface area (Å²) < 4.78 is 29.2. The first-order valence-corrected chi connectivity index (χ1v) is 8.11. The molecule has 0 amide bonds. The van der Waals surface area contributed by atoms with Gasteiger partial charge in [0.05, 0.1) is 9.85 Å². The van der Waals surface area contributed by atoms with Crippen LogP contribution in [0.2, 0.25) is 0 Å². The van der Waals surface area contributed by atoms with Crippen LogP contribution in [0.5, 0.6) is 0 Å². The van der Waals surface area contributed by atoms with Crippen molar-refractivity contribution in [1.82, 2.24) is 0 Å². The lowest BCUT2D eigenvalue weighted by molar-refractivity contribution is -0.421. The second kappa shape index (κ2) is 6.06. The van der Waals surface area contributed by atoms with Gasteiger partial charge >= 0.3 is 11.4 Å². The van der Waals surface area contributed by atoms with E-state index in [1.807, 2.05) is 0 Å². The molecular formula is C14H6F2N2O4S2. The third kappa shape index (κ3) is 2.45. The predicted molar refractivity (Wildman–Crippen MR) is 86.3 cm³/mol. The zero-order valence-electron chi connectivity index (χ0n) is 11.6. The quantitative estimate of drug-likeness (QED) is 0.465. The normalized spacial score (nSPS) is 10.8. The fourth-order valence-corrected chi connectivity index (χ4v) is 3.84. The third-order valence-corrected chi connectivity index (χ3v) is 5.00. The van der Waals surface area contributed by atoms with Crippen molar-refractivity contribution in [2.24, 2.45) is 0 Å². The summed E-state index contributed by atoms with van der Waals surface area (Å²) in [7, 11) is 0. The summed E-state index contributed by atoms with van der Waals surface area (Å²) in [6, 6.07) is 5.65. The zero-order chi connectivity index (χ0) is 17.4. The van der Waals surface area contributed by atoms with E-state index in [0.29, 0.717) is 0 Å². The van der Waals surface area contributed by atoms with Gasteiger partial charge in [-0.05, 0) is 22.9 Å². The number of benzene rings is 1. The highest BCUT2D eigenvalue weighted by Gasteiger charge is 2.40. The zero-order valence-corrected chi connectivity index (χ0v) is 13.2. The summed E-state index contributed by atoms with van der Waals surface area (Å²) in [6.45, 7) is 0. The molecule has 0 atom stereocenters. The summed E-state index contributed by atoms with van der Waals surface area (Å²) in [5.41, 5.74) is -3.52. The molecule has 0 bridgehead atoms. The summed E-state index contributed by atoms with van der Waals surface area (Å²) in [5, 5.41) is 25.9. The molecule has 2 heterocycles. The Morgan fingerprint density at radius 2 is 1.17 bits per heavy atom. The molecule has 10 heteroatoms. The highest BCUT2D eigenvalue weighted by molar-refractivity contribution is 7.14. The van der Waals surface area contributed by atoms with Crippen LogP contribution in [0.25, 0.3) is 20.9 Å². The highest BCUT2D eigenvalue weighted by atomic mass is 32.1. The maximum atomic E-state index is 14.6. The minimum atomic E-state index is -1.47. The number of halogens is 2. The van der Waals surface area contributed by atoms with Gasteiger partial charge in [-0.15, -0.1) is 22.7 Å². The van der Waals surface area contributed by atoms with Gasteiger partial charge in [0.25, 0.3) is 0 Å². The number of nitro benzene ring substituents is 2. The molecule has 3 rings (SSSR count). The van der Waals surface area contributed by atoms with Gasteiger partial charge in [-0.1, -0.05) is 12.1 Å². The van der Waals surface area contributed by atoms with Crippen LogP contribution in [0.15, 0.2) is 35.0 Å². The minimum Gasteiger partial charge on any atom is -0.258 e. The van der Waals surface area contributed by atoms with Crippen molar-refractivity contribution in [3.05, 3.63) is 66.9 Å². The molecule has 24 heavy (non-hydrogen) atoms. The van der Waals surface area contributed by atoms with Crippen LogP contribution in [0, 0.1) is 31.9 Å². The van der Waals surface area contributed by atoms with Crippen molar-refractivity contribution in [3.63, 3.8) is 0 Å². The first-order valence-electron chi connectivity index (χ1n) is 6.35. The number of hydrogen-bond donors (Lipinski definition) is 0. The van der Waals surface area contributed by atoms with E-state index in [9.17, 15) is 29.0 Å². The minimum absolute atomic E-state index is 0.0407. The van der Waals surface area contributed by atoms with Gasteiger partial charge in [-0.3, -0.25) is 20.2 Å². The predicted octanol–water partition coefficient (Wildman–Crippen LogP) is 5.24. The van der Waals surface area contributed by atoms with E-state index in [1.54, 1.807) is 0 Å². The maximum Gasteiger partial charge on any atom is 0.358 e. The Morgan fingerprint density at radius 1 is 0.792 bits per heavy atom. The molecule has 2 aromatic heterocycles. The first kappa shape index (κ1) is 16.1.